The third-order valence-corrected chi connectivity index (χ3v) is 2.96. The molecule has 1 amide bonds. The predicted molar refractivity (Wildman–Crippen MR) is 63.8 cm³/mol. The zero-order valence-electron chi connectivity index (χ0n) is 10.2. The molecule has 0 unspecified atom stereocenters. The number of piperidine rings is 1. The van der Waals surface area contributed by atoms with Crippen LogP contribution < -0.4 is 0 Å². The smallest absolute Gasteiger partial charge is 0.225 e. The van der Waals surface area contributed by atoms with Crippen molar-refractivity contribution in [1.29, 1.82) is 0 Å². The van der Waals surface area contributed by atoms with Gasteiger partial charge in [-0.05, 0) is 18.8 Å². The van der Waals surface area contributed by atoms with Crippen molar-refractivity contribution in [1.82, 2.24) is 4.90 Å². The van der Waals surface area contributed by atoms with Gasteiger partial charge < -0.3 is 9.64 Å². The van der Waals surface area contributed by atoms with E-state index in [1.165, 1.54) is 0 Å². The van der Waals surface area contributed by atoms with Crippen molar-refractivity contribution < 1.29 is 9.53 Å². The summed E-state index contributed by atoms with van der Waals surface area (Å²) in [5.74, 6) is 3.39. The fraction of sp³-hybridized carbons (Fsp3) is 0.769. The van der Waals surface area contributed by atoms with Gasteiger partial charge >= 0.3 is 0 Å². The van der Waals surface area contributed by atoms with Crippen LogP contribution in [0.25, 0.3) is 0 Å². The fourth-order valence-electron chi connectivity index (χ4n) is 1.97. The van der Waals surface area contributed by atoms with E-state index in [1.807, 2.05) is 18.7 Å². The summed E-state index contributed by atoms with van der Waals surface area (Å²) in [7, 11) is 0. The molecular formula is C13H21NO2. The summed E-state index contributed by atoms with van der Waals surface area (Å²) in [5.41, 5.74) is 0. The van der Waals surface area contributed by atoms with E-state index >= 15 is 0 Å². The van der Waals surface area contributed by atoms with E-state index in [9.17, 15) is 4.79 Å². The van der Waals surface area contributed by atoms with E-state index in [2.05, 4.69) is 5.92 Å². The summed E-state index contributed by atoms with van der Waals surface area (Å²) in [4.78, 5) is 13.7. The zero-order chi connectivity index (χ0) is 12.0. The van der Waals surface area contributed by atoms with E-state index in [1.54, 1.807) is 0 Å². The molecule has 0 bridgehead atoms. The molecule has 1 heterocycles. The average Bonchev–Trinajstić information content (AvgIpc) is 2.29. The van der Waals surface area contributed by atoms with Crippen LogP contribution in [0.1, 0.15) is 26.7 Å². The average molecular weight is 223 g/mol. The van der Waals surface area contributed by atoms with Crippen molar-refractivity contribution in [3.63, 3.8) is 0 Å². The Morgan fingerprint density at radius 3 is 2.62 bits per heavy atom. The molecule has 3 nitrogen and oxygen atoms in total. The number of rotatable bonds is 4. The molecule has 1 saturated heterocycles. The van der Waals surface area contributed by atoms with E-state index in [4.69, 9.17) is 11.2 Å². The van der Waals surface area contributed by atoms with Crippen LogP contribution in [0.5, 0.6) is 0 Å². The van der Waals surface area contributed by atoms with Gasteiger partial charge in [-0.1, -0.05) is 19.8 Å². The number of carbonyl (C=O) groups is 1. The normalized spacial score (nSPS) is 17.5. The number of nitrogens with zero attached hydrogens (tertiary/aromatic N) is 1. The predicted octanol–water partition coefficient (Wildman–Crippen LogP) is 1.53. The van der Waals surface area contributed by atoms with Crippen LogP contribution in [0, 0.1) is 24.2 Å². The molecule has 0 aliphatic carbocycles. The maximum absolute atomic E-state index is 11.7. The van der Waals surface area contributed by atoms with E-state index < -0.39 is 0 Å². The molecule has 0 atom stereocenters. The van der Waals surface area contributed by atoms with Crippen LogP contribution in [-0.2, 0) is 9.53 Å². The fourth-order valence-corrected chi connectivity index (χ4v) is 1.97. The maximum Gasteiger partial charge on any atom is 0.225 e. The van der Waals surface area contributed by atoms with Gasteiger partial charge in [-0.3, -0.25) is 4.79 Å². The molecule has 1 aliphatic rings. The summed E-state index contributed by atoms with van der Waals surface area (Å²) in [6.07, 6.45) is 7.17. The minimum atomic E-state index is 0.106. The number of hydrogen-bond acceptors (Lipinski definition) is 2. The Kier molecular flexibility index (Phi) is 5.34. The molecule has 16 heavy (non-hydrogen) atoms. The quantitative estimate of drug-likeness (QED) is 0.534. The van der Waals surface area contributed by atoms with Crippen molar-refractivity contribution in [2.45, 2.75) is 26.7 Å². The highest BCUT2D eigenvalue weighted by Crippen LogP contribution is 2.18. The summed E-state index contributed by atoms with van der Waals surface area (Å²) in [6.45, 7) is 6.75. The monoisotopic (exact) mass is 223 g/mol. The van der Waals surface area contributed by atoms with Crippen LogP contribution in [0.15, 0.2) is 0 Å². The van der Waals surface area contributed by atoms with Crippen molar-refractivity contribution in [3.8, 4) is 12.3 Å². The molecular weight excluding hydrogens is 202 g/mol. The van der Waals surface area contributed by atoms with E-state index in [0.29, 0.717) is 12.5 Å². The van der Waals surface area contributed by atoms with E-state index in [-0.39, 0.29) is 11.8 Å². The molecule has 1 rings (SSSR count). The van der Waals surface area contributed by atoms with Gasteiger partial charge in [0.25, 0.3) is 0 Å². The number of carbonyl (C=O) groups excluding carboxylic acids is 1. The van der Waals surface area contributed by atoms with Crippen molar-refractivity contribution in [2.75, 3.05) is 26.3 Å². The largest absolute Gasteiger partial charge is 0.369 e. The molecule has 0 aromatic rings. The highest BCUT2D eigenvalue weighted by molar-refractivity contribution is 5.78. The molecule has 0 aromatic carbocycles. The summed E-state index contributed by atoms with van der Waals surface area (Å²) in [6, 6.07) is 0. The SMILES string of the molecule is C#CCOCC1CCN(C(=O)C(C)C)CC1. The van der Waals surface area contributed by atoms with Crippen molar-refractivity contribution in [2.24, 2.45) is 11.8 Å². The second-order valence-corrected chi connectivity index (χ2v) is 4.64. The van der Waals surface area contributed by atoms with Crippen LogP contribution in [0.3, 0.4) is 0 Å². The number of ether oxygens (including phenoxy) is 1. The summed E-state index contributed by atoms with van der Waals surface area (Å²) >= 11 is 0. The Morgan fingerprint density at radius 2 is 2.12 bits per heavy atom. The standard InChI is InChI=1S/C13H21NO2/c1-4-9-16-10-12-5-7-14(8-6-12)13(15)11(2)3/h1,11-12H,5-10H2,2-3H3. The Bertz CT molecular complexity index is 260. The van der Waals surface area contributed by atoms with Gasteiger partial charge in [0.1, 0.15) is 6.61 Å². The Balaban J connectivity index is 2.24. The van der Waals surface area contributed by atoms with E-state index in [0.717, 1.165) is 32.5 Å². The summed E-state index contributed by atoms with van der Waals surface area (Å²) < 4.78 is 5.33. The van der Waals surface area contributed by atoms with Crippen molar-refractivity contribution >= 4 is 5.91 Å². The van der Waals surface area contributed by atoms with Crippen LogP contribution in [0.4, 0.5) is 0 Å². The van der Waals surface area contributed by atoms with Crippen LogP contribution in [0.2, 0.25) is 0 Å². The van der Waals surface area contributed by atoms with Gasteiger partial charge in [-0.2, -0.15) is 0 Å². The zero-order valence-corrected chi connectivity index (χ0v) is 10.2. The number of amides is 1. The lowest BCUT2D eigenvalue weighted by Gasteiger charge is -2.32. The number of terminal acetylenes is 1. The Morgan fingerprint density at radius 1 is 1.50 bits per heavy atom. The molecule has 0 spiro atoms. The second kappa shape index (κ2) is 6.55. The molecule has 0 radical (unpaired) electrons. The van der Waals surface area contributed by atoms with Gasteiger partial charge in [0.15, 0.2) is 0 Å². The van der Waals surface area contributed by atoms with Gasteiger partial charge in [0.2, 0.25) is 5.91 Å². The molecule has 0 aromatic heterocycles. The minimum absolute atomic E-state index is 0.106. The molecule has 3 heteroatoms. The molecule has 1 aliphatic heterocycles. The lowest BCUT2D eigenvalue weighted by atomic mass is 9.97. The third kappa shape index (κ3) is 3.86. The van der Waals surface area contributed by atoms with Gasteiger partial charge in [0, 0.05) is 19.0 Å². The highest BCUT2D eigenvalue weighted by atomic mass is 16.5. The topological polar surface area (TPSA) is 29.5 Å². The Hall–Kier alpha value is -1.01. The second-order valence-electron chi connectivity index (χ2n) is 4.64. The first-order valence-corrected chi connectivity index (χ1v) is 5.95. The number of hydrogen-bond donors (Lipinski definition) is 0. The minimum Gasteiger partial charge on any atom is -0.369 e. The summed E-state index contributed by atoms with van der Waals surface area (Å²) in [5, 5.41) is 0. The molecule has 1 fully saturated rings. The molecule has 90 valence electrons. The van der Waals surface area contributed by atoms with Crippen LogP contribution >= 0.6 is 0 Å². The van der Waals surface area contributed by atoms with Crippen molar-refractivity contribution in [3.05, 3.63) is 0 Å². The lowest BCUT2D eigenvalue weighted by molar-refractivity contribution is -0.136. The van der Waals surface area contributed by atoms with Crippen LogP contribution in [-0.4, -0.2) is 37.1 Å². The van der Waals surface area contributed by atoms with Gasteiger partial charge in [0.05, 0.1) is 6.61 Å². The highest BCUT2D eigenvalue weighted by Gasteiger charge is 2.23. The first kappa shape index (κ1) is 13.1. The first-order chi connectivity index (χ1) is 7.65. The maximum atomic E-state index is 11.7. The van der Waals surface area contributed by atoms with Gasteiger partial charge in [-0.25, -0.2) is 0 Å². The number of likely N-dealkylation sites (tertiary alicyclic amines) is 1. The first-order valence-electron chi connectivity index (χ1n) is 5.95. The molecule has 0 N–H and O–H groups in total. The lowest BCUT2D eigenvalue weighted by Crippen LogP contribution is -2.41. The third-order valence-electron chi connectivity index (χ3n) is 2.96. The Labute approximate surface area is 98.1 Å². The molecule has 0 saturated carbocycles. The van der Waals surface area contributed by atoms with Gasteiger partial charge in [-0.15, -0.1) is 6.42 Å².